The summed E-state index contributed by atoms with van der Waals surface area (Å²) in [6.45, 7) is 0.391. The van der Waals surface area contributed by atoms with Gasteiger partial charge < -0.3 is 10.0 Å². The Kier molecular flexibility index (Phi) is 4.78. The van der Waals surface area contributed by atoms with E-state index in [9.17, 15) is 23.1 Å². The molecule has 1 amide bonds. The molecule has 1 aromatic carbocycles. The maximum Gasteiger partial charge on any atom is 0.308 e. The van der Waals surface area contributed by atoms with E-state index in [0.717, 1.165) is 11.8 Å². The van der Waals surface area contributed by atoms with Gasteiger partial charge in [-0.15, -0.1) is 0 Å². The van der Waals surface area contributed by atoms with Gasteiger partial charge in [-0.3, -0.25) is 14.6 Å². The highest BCUT2D eigenvalue weighted by atomic mass is 32.2. The van der Waals surface area contributed by atoms with Gasteiger partial charge in [0, 0.05) is 43.2 Å². The average Bonchev–Trinajstić information content (AvgIpc) is 3.07. The number of carbonyl (C=O) groups excluding carboxylic acids is 1. The Morgan fingerprint density at radius 3 is 2.23 bits per heavy atom. The molecule has 1 aliphatic heterocycles. The van der Waals surface area contributed by atoms with Crippen LogP contribution >= 0.6 is 0 Å². The lowest BCUT2D eigenvalue weighted by Gasteiger charge is -2.16. The number of aromatic nitrogens is 1. The topological polar surface area (TPSA) is 105 Å². The summed E-state index contributed by atoms with van der Waals surface area (Å²) in [5.41, 5.74) is 1.16. The van der Waals surface area contributed by atoms with E-state index in [-0.39, 0.29) is 29.8 Å². The van der Waals surface area contributed by atoms with Gasteiger partial charge in [0.1, 0.15) is 0 Å². The van der Waals surface area contributed by atoms with Crippen LogP contribution in [-0.4, -0.2) is 54.6 Å². The molecule has 0 unspecified atom stereocenters. The van der Waals surface area contributed by atoms with Gasteiger partial charge in [-0.1, -0.05) is 0 Å². The first kappa shape index (κ1) is 18.1. The minimum Gasteiger partial charge on any atom is -0.481 e. The zero-order valence-electron chi connectivity index (χ0n) is 14.1. The summed E-state index contributed by atoms with van der Waals surface area (Å²) in [7, 11) is -3.34. The SMILES string of the molecule is CS(=O)(=O)c1ccc(C(=O)N2C[C@@H](C(=O)O)[C@H](c3ccncc3)C2)cc1. The van der Waals surface area contributed by atoms with Crippen molar-refractivity contribution in [2.45, 2.75) is 10.8 Å². The number of carboxylic acids is 1. The smallest absolute Gasteiger partial charge is 0.308 e. The standard InChI is InChI=1S/C18H18N2O5S/c1-26(24,25)14-4-2-13(3-5-14)17(21)20-10-15(16(11-20)18(22)23)12-6-8-19-9-7-12/h2-9,15-16H,10-11H2,1H3,(H,22,23)/t15-,16+/m0/s1. The molecule has 136 valence electrons. The van der Waals surface area contributed by atoms with E-state index in [4.69, 9.17) is 0 Å². The van der Waals surface area contributed by atoms with Gasteiger partial charge in [0.15, 0.2) is 9.84 Å². The molecule has 7 nitrogen and oxygen atoms in total. The number of sulfone groups is 1. The number of benzene rings is 1. The van der Waals surface area contributed by atoms with Crippen LogP contribution in [0.1, 0.15) is 21.8 Å². The van der Waals surface area contributed by atoms with Crippen LogP contribution in [0.25, 0.3) is 0 Å². The van der Waals surface area contributed by atoms with Gasteiger partial charge in [0.05, 0.1) is 10.8 Å². The van der Waals surface area contributed by atoms with Gasteiger partial charge in [0.25, 0.3) is 5.91 Å². The fourth-order valence-electron chi connectivity index (χ4n) is 3.20. The number of likely N-dealkylation sites (tertiary alicyclic amines) is 1. The van der Waals surface area contributed by atoms with Gasteiger partial charge in [-0.25, -0.2) is 8.42 Å². The molecule has 1 aromatic heterocycles. The van der Waals surface area contributed by atoms with E-state index in [2.05, 4.69) is 4.98 Å². The number of pyridine rings is 1. The van der Waals surface area contributed by atoms with Crippen molar-refractivity contribution in [3.63, 3.8) is 0 Å². The fourth-order valence-corrected chi connectivity index (χ4v) is 3.83. The Balaban J connectivity index is 1.83. The lowest BCUT2D eigenvalue weighted by Crippen LogP contribution is -2.29. The number of amides is 1. The summed E-state index contributed by atoms with van der Waals surface area (Å²) in [4.78, 5) is 29.9. The van der Waals surface area contributed by atoms with E-state index in [0.29, 0.717) is 5.56 Å². The summed E-state index contributed by atoms with van der Waals surface area (Å²) in [6, 6.07) is 9.19. The number of hydrogen-bond donors (Lipinski definition) is 1. The first-order valence-electron chi connectivity index (χ1n) is 7.99. The molecule has 0 saturated carbocycles. The molecule has 26 heavy (non-hydrogen) atoms. The van der Waals surface area contributed by atoms with Gasteiger partial charge >= 0.3 is 5.97 Å². The Morgan fingerprint density at radius 1 is 1.08 bits per heavy atom. The predicted molar refractivity (Wildman–Crippen MR) is 93.6 cm³/mol. The average molecular weight is 374 g/mol. The van der Waals surface area contributed by atoms with Gasteiger partial charge in [0.2, 0.25) is 0 Å². The third-order valence-corrected chi connectivity index (χ3v) is 5.72. The number of hydrogen-bond acceptors (Lipinski definition) is 5. The highest BCUT2D eigenvalue weighted by Gasteiger charge is 2.40. The first-order chi connectivity index (χ1) is 12.3. The zero-order chi connectivity index (χ0) is 18.9. The molecule has 2 atom stereocenters. The molecule has 2 aromatic rings. The zero-order valence-corrected chi connectivity index (χ0v) is 14.9. The third-order valence-electron chi connectivity index (χ3n) is 4.59. The van der Waals surface area contributed by atoms with Crippen molar-refractivity contribution in [1.82, 2.24) is 9.88 Å². The van der Waals surface area contributed by atoms with Crippen molar-refractivity contribution in [3.05, 3.63) is 59.9 Å². The molecule has 0 spiro atoms. The van der Waals surface area contributed by atoms with E-state index in [1.807, 2.05) is 0 Å². The van der Waals surface area contributed by atoms with Crippen molar-refractivity contribution in [2.24, 2.45) is 5.92 Å². The monoisotopic (exact) mass is 374 g/mol. The van der Waals surface area contributed by atoms with Gasteiger partial charge in [-0.05, 0) is 42.0 Å². The Bertz CT molecular complexity index is 926. The molecule has 1 aliphatic rings. The number of rotatable bonds is 4. The minimum absolute atomic E-state index is 0.106. The van der Waals surface area contributed by atoms with Crippen molar-refractivity contribution in [3.8, 4) is 0 Å². The van der Waals surface area contributed by atoms with Crippen molar-refractivity contribution in [1.29, 1.82) is 0 Å². The van der Waals surface area contributed by atoms with E-state index >= 15 is 0 Å². The third kappa shape index (κ3) is 3.60. The molecule has 1 fully saturated rings. The first-order valence-corrected chi connectivity index (χ1v) is 9.88. The van der Waals surface area contributed by atoms with E-state index < -0.39 is 21.7 Å². The van der Waals surface area contributed by atoms with Crippen LogP contribution in [0.2, 0.25) is 0 Å². The normalized spacial score (nSPS) is 20.1. The van der Waals surface area contributed by atoms with Crippen LogP contribution < -0.4 is 0 Å². The lowest BCUT2D eigenvalue weighted by atomic mass is 9.90. The van der Waals surface area contributed by atoms with Gasteiger partial charge in [-0.2, -0.15) is 0 Å². The largest absolute Gasteiger partial charge is 0.481 e. The second-order valence-electron chi connectivity index (χ2n) is 6.34. The van der Waals surface area contributed by atoms with Crippen LogP contribution in [0.5, 0.6) is 0 Å². The quantitative estimate of drug-likeness (QED) is 0.868. The Hall–Kier alpha value is -2.74. The maximum atomic E-state index is 12.7. The van der Waals surface area contributed by atoms with Crippen LogP contribution in [0.15, 0.2) is 53.7 Å². The summed E-state index contributed by atoms with van der Waals surface area (Å²) in [6.07, 6.45) is 4.30. The fraction of sp³-hybridized carbons (Fsp3) is 0.278. The second-order valence-corrected chi connectivity index (χ2v) is 8.35. The summed E-state index contributed by atoms with van der Waals surface area (Å²) < 4.78 is 23.0. The van der Waals surface area contributed by atoms with E-state index in [1.165, 1.54) is 29.2 Å². The number of carbonyl (C=O) groups is 2. The summed E-state index contributed by atoms with van der Waals surface area (Å²) in [5, 5.41) is 9.52. The molecule has 0 bridgehead atoms. The number of aliphatic carboxylic acids is 1. The molecular weight excluding hydrogens is 356 g/mol. The van der Waals surface area contributed by atoms with Crippen molar-refractivity contribution >= 4 is 21.7 Å². The lowest BCUT2D eigenvalue weighted by molar-refractivity contribution is -0.141. The summed E-state index contributed by atoms with van der Waals surface area (Å²) >= 11 is 0. The Labute approximate surface area is 151 Å². The van der Waals surface area contributed by atoms with Crippen molar-refractivity contribution in [2.75, 3.05) is 19.3 Å². The highest BCUT2D eigenvalue weighted by molar-refractivity contribution is 7.90. The molecule has 0 aliphatic carbocycles. The van der Waals surface area contributed by atoms with Crippen LogP contribution in [-0.2, 0) is 14.6 Å². The molecule has 8 heteroatoms. The summed E-state index contributed by atoms with van der Waals surface area (Å²) in [5.74, 6) is -2.27. The molecule has 0 radical (unpaired) electrons. The minimum atomic E-state index is -3.34. The molecular formula is C18H18N2O5S. The van der Waals surface area contributed by atoms with Crippen LogP contribution in [0.4, 0.5) is 0 Å². The van der Waals surface area contributed by atoms with Crippen LogP contribution in [0.3, 0.4) is 0 Å². The second kappa shape index (κ2) is 6.87. The maximum absolute atomic E-state index is 12.7. The van der Waals surface area contributed by atoms with E-state index in [1.54, 1.807) is 24.5 Å². The molecule has 2 heterocycles. The number of nitrogens with zero attached hydrogens (tertiary/aromatic N) is 2. The Morgan fingerprint density at radius 2 is 1.69 bits per heavy atom. The number of carboxylic acid groups (broad SMARTS) is 1. The highest BCUT2D eigenvalue weighted by Crippen LogP contribution is 2.33. The molecule has 1 N–H and O–H groups in total. The van der Waals surface area contributed by atoms with Crippen molar-refractivity contribution < 1.29 is 23.1 Å². The molecule has 1 saturated heterocycles. The predicted octanol–water partition coefficient (Wildman–Crippen LogP) is 1.43. The van der Waals surface area contributed by atoms with Crippen LogP contribution in [0, 0.1) is 5.92 Å². The molecule has 3 rings (SSSR count).